The second-order valence-corrected chi connectivity index (χ2v) is 2.01. The van der Waals surface area contributed by atoms with Gasteiger partial charge in [0.1, 0.15) is 0 Å². The van der Waals surface area contributed by atoms with Crippen LogP contribution < -0.4 is 0 Å². The summed E-state index contributed by atoms with van der Waals surface area (Å²) >= 11 is 0. The molecule has 6 nitrogen and oxygen atoms in total. The van der Waals surface area contributed by atoms with Gasteiger partial charge in [-0.15, -0.1) is 0 Å². The molecular formula is C6H8N2O4. The lowest BCUT2D eigenvalue weighted by Gasteiger charge is -1.97. The molecule has 0 fully saturated rings. The maximum atomic E-state index is 10.6. The second kappa shape index (κ2) is 4.22. The number of rotatable bonds is 3. The molecule has 0 heterocycles. The first kappa shape index (κ1) is 10.3. The van der Waals surface area contributed by atoms with Crippen molar-refractivity contribution in [2.75, 3.05) is 0 Å². The first-order valence-corrected chi connectivity index (χ1v) is 3.01. The molecule has 2 N–H and O–H groups in total. The molecule has 0 aliphatic carbocycles. The zero-order valence-corrected chi connectivity index (χ0v) is 6.61. The lowest BCUT2D eigenvalue weighted by atomic mass is 10.1. The third-order valence-electron chi connectivity index (χ3n) is 1.09. The summed E-state index contributed by atoms with van der Waals surface area (Å²) < 4.78 is 0. The maximum absolute atomic E-state index is 10.6. The number of hydrogen-bond acceptors (Lipinski definition) is 6. The third-order valence-corrected chi connectivity index (χ3v) is 1.09. The standard InChI is InChI=1S/C6H8N2O4/c1-3(9)5(7-11)6(8-12)4(2)10/h11-12H,1-2H3/b7-5-,8-6+. The number of Topliss-reactive ketones (excluding diaryl/α,β-unsaturated/α-hetero) is 2. The minimum absolute atomic E-state index is 0.551. The van der Waals surface area contributed by atoms with Crippen LogP contribution in [-0.4, -0.2) is 33.4 Å². The maximum Gasteiger partial charge on any atom is 0.184 e. The fourth-order valence-corrected chi connectivity index (χ4v) is 0.569. The Balaban J connectivity index is 4.99. The SMILES string of the molecule is CC(=O)C(=N\O)/C(=N\O)C(C)=O. The molecule has 0 bridgehead atoms. The normalized spacial score (nSPS) is 12.8. The Labute approximate surface area is 68.2 Å². The number of oxime groups is 2. The van der Waals surface area contributed by atoms with E-state index in [0.29, 0.717) is 0 Å². The Morgan fingerprint density at radius 3 is 1.25 bits per heavy atom. The summed E-state index contributed by atoms with van der Waals surface area (Å²) in [6, 6.07) is 0. The van der Waals surface area contributed by atoms with Crippen LogP contribution in [0.5, 0.6) is 0 Å². The summed E-state index contributed by atoms with van der Waals surface area (Å²) in [7, 11) is 0. The molecule has 0 aromatic rings. The van der Waals surface area contributed by atoms with Crippen molar-refractivity contribution in [2.24, 2.45) is 10.3 Å². The quantitative estimate of drug-likeness (QED) is 0.350. The van der Waals surface area contributed by atoms with E-state index in [9.17, 15) is 9.59 Å². The molecule has 0 atom stereocenters. The van der Waals surface area contributed by atoms with Crippen molar-refractivity contribution in [3.05, 3.63) is 0 Å². The largest absolute Gasteiger partial charge is 0.410 e. The number of ketones is 2. The lowest BCUT2D eigenvalue weighted by Crippen LogP contribution is -2.27. The molecule has 0 aliphatic heterocycles. The van der Waals surface area contributed by atoms with Crippen LogP contribution in [0.1, 0.15) is 13.8 Å². The molecule has 0 radical (unpaired) electrons. The highest BCUT2D eigenvalue weighted by Gasteiger charge is 2.19. The molecule has 6 heteroatoms. The summed E-state index contributed by atoms with van der Waals surface area (Å²) in [5.74, 6) is -1.30. The molecule has 0 aromatic heterocycles. The molecule has 0 unspecified atom stereocenters. The van der Waals surface area contributed by atoms with Crippen molar-refractivity contribution in [3.63, 3.8) is 0 Å². The van der Waals surface area contributed by atoms with Gasteiger partial charge >= 0.3 is 0 Å². The second-order valence-electron chi connectivity index (χ2n) is 2.01. The Bertz CT molecular complexity index is 239. The minimum Gasteiger partial charge on any atom is -0.410 e. The van der Waals surface area contributed by atoms with E-state index < -0.39 is 23.0 Å². The topological polar surface area (TPSA) is 99.3 Å². The Hall–Kier alpha value is -1.72. The van der Waals surface area contributed by atoms with Gasteiger partial charge in [-0.25, -0.2) is 0 Å². The van der Waals surface area contributed by atoms with E-state index in [0.717, 1.165) is 13.8 Å². The Morgan fingerprint density at radius 2 is 1.17 bits per heavy atom. The first-order valence-electron chi connectivity index (χ1n) is 3.01. The highest BCUT2D eigenvalue weighted by molar-refractivity contribution is 6.80. The van der Waals surface area contributed by atoms with Crippen LogP contribution in [0.2, 0.25) is 0 Å². The lowest BCUT2D eigenvalue weighted by molar-refractivity contribution is -0.112. The summed E-state index contributed by atoms with van der Waals surface area (Å²) in [6.07, 6.45) is 0. The molecule has 66 valence electrons. The highest BCUT2D eigenvalue weighted by Crippen LogP contribution is 1.88. The summed E-state index contributed by atoms with van der Waals surface area (Å²) in [6.45, 7) is 2.17. The van der Waals surface area contributed by atoms with Crippen LogP contribution in [0, 0.1) is 0 Å². The van der Waals surface area contributed by atoms with Crippen LogP contribution in [0.4, 0.5) is 0 Å². The van der Waals surface area contributed by atoms with Crippen LogP contribution in [0.25, 0.3) is 0 Å². The Morgan fingerprint density at radius 1 is 0.917 bits per heavy atom. The van der Waals surface area contributed by atoms with Crippen LogP contribution in [0.15, 0.2) is 10.3 Å². The molecule has 0 amide bonds. The fourth-order valence-electron chi connectivity index (χ4n) is 0.569. The van der Waals surface area contributed by atoms with Gasteiger partial charge in [-0.1, -0.05) is 10.3 Å². The summed E-state index contributed by atoms with van der Waals surface area (Å²) in [4.78, 5) is 21.3. The van der Waals surface area contributed by atoms with Crippen molar-refractivity contribution in [3.8, 4) is 0 Å². The highest BCUT2D eigenvalue weighted by atomic mass is 16.4. The van der Waals surface area contributed by atoms with Crippen molar-refractivity contribution in [2.45, 2.75) is 13.8 Å². The average Bonchev–Trinajstić information content (AvgIpc) is 1.98. The van der Waals surface area contributed by atoms with Gasteiger partial charge in [0.25, 0.3) is 0 Å². The van der Waals surface area contributed by atoms with E-state index in [-0.39, 0.29) is 0 Å². The minimum atomic E-state index is -0.652. The van der Waals surface area contributed by atoms with Gasteiger partial charge in [0.05, 0.1) is 0 Å². The summed E-state index contributed by atoms with van der Waals surface area (Å²) in [5.41, 5.74) is -1.10. The van der Waals surface area contributed by atoms with Crippen LogP contribution in [0.3, 0.4) is 0 Å². The predicted molar refractivity (Wildman–Crippen MR) is 39.8 cm³/mol. The number of nitrogens with zero attached hydrogens (tertiary/aromatic N) is 2. The molecule has 0 saturated carbocycles. The van der Waals surface area contributed by atoms with Gasteiger partial charge in [-0.3, -0.25) is 9.59 Å². The van der Waals surface area contributed by atoms with Gasteiger partial charge in [0.2, 0.25) is 0 Å². The predicted octanol–water partition coefficient (Wildman–Crippen LogP) is -0.175. The van der Waals surface area contributed by atoms with Gasteiger partial charge in [0, 0.05) is 13.8 Å². The zero-order valence-electron chi connectivity index (χ0n) is 6.61. The molecule has 0 rings (SSSR count). The molecule has 0 aromatic carbocycles. The average molecular weight is 172 g/mol. The number of carbonyl (C=O) groups excluding carboxylic acids is 2. The van der Waals surface area contributed by atoms with E-state index >= 15 is 0 Å². The van der Waals surface area contributed by atoms with Gasteiger partial charge in [0.15, 0.2) is 23.0 Å². The van der Waals surface area contributed by atoms with Crippen molar-refractivity contribution < 1.29 is 20.0 Å². The molecule has 12 heavy (non-hydrogen) atoms. The van der Waals surface area contributed by atoms with E-state index in [1.54, 1.807) is 0 Å². The third kappa shape index (κ3) is 2.15. The molecule has 0 spiro atoms. The number of carbonyl (C=O) groups is 2. The van der Waals surface area contributed by atoms with E-state index in [2.05, 4.69) is 10.3 Å². The van der Waals surface area contributed by atoms with Gasteiger partial charge < -0.3 is 10.4 Å². The Kier molecular flexibility index (Phi) is 3.61. The van der Waals surface area contributed by atoms with Crippen LogP contribution >= 0.6 is 0 Å². The number of hydrogen-bond donors (Lipinski definition) is 2. The van der Waals surface area contributed by atoms with Crippen molar-refractivity contribution in [1.29, 1.82) is 0 Å². The van der Waals surface area contributed by atoms with E-state index in [1.807, 2.05) is 0 Å². The first-order chi connectivity index (χ1) is 5.54. The van der Waals surface area contributed by atoms with E-state index in [1.165, 1.54) is 0 Å². The van der Waals surface area contributed by atoms with Crippen molar-refractivity contribution in [1.82, 2.24) is 0 Å². The monoisotopic (exact) mass is 172 g/mol. The zero-order chi connectivity index (χ0) is 9.72. The molecule has 0 saturated heterocycles. The smallest absolute Gasteiger partial charge is 0.184 e. The molecule has 0 aliphatic rings. The van der Waals surface area contributed by atoms with E-state index in [4.69, 9.17) is 10.4 Å². The van der Waals surface area contributed by atoms with Crippen LogP contribution in [-0.2, 0) is 9.59 Å². The van der Waals surface area contributed by atoms with Gasteiger partial charge in [-0.05, 0) is 0 Å². The van der Waals surface area contributed by atoms with Gasteiger partial charge in [-0.2, -0.15) is 0 Å². The van der Waals surface area contributed by atoms with Crippen molar-refractivity contribution >= 4 is 23.0 Å². The molecular weight excluding hydrogens is 164 g/mol. The fraction of sp³-hybridized carbons (Fsp3) is 0.333. The summed E-state index contributed by atoms with van der Waals surface area (Å²) in [5, 5.41) is 21.6.